The van der Waals surface area contributed by atoms with Gasteiger partial charge in [0.1, 0.15) is 11.4 Å². The van der Waals surface area contributed by atoms with Crippen LogP contribution in [-0.4, -0.2) is 40.1 Å². The Morgan fingerprint density at radius 1 is 1.10 bits per heavy atom. The topological polar surface area (TPSA) is 76.5 Å². The number of carbonyl (C=O) groups excluding carboxylic acids is 2. The van der Waals surface area contributed by atoms with Gasteiger partial charge in [-0.15, -0.1) is 0 Å². The van der Waals surface area contributed by atoms with Crippen LogP contribution in [0.3, 0.4) is 0 Å². The molecule has 31 heavy (non-hydrogen) atoms. The summed E-state index contributed by atoms with van der Waals surface area (Å²) in [5.74, 6) is 0.336. The number of nitrogens with zero attached hydrogens (tertiary/aromatic N) is 3. The van der Waals surface area contributed by atoms with Crippen molar-refractivity contribution in [3.63, 3.8) is 0 Å². The summed E-state index contributed by atoms with van der Waals surface area (Å²) < 4.78 is 6.90. The van der Waals surface area contributed by atoms with Gasteiger partial charge in [-0.05, 0) is 60.2 Å². The van der Waals surface area contributed by atoms with Crippen LogP contribution in [0.4, 0.5) is 5.69 Å². The molecule has 0 radical (unpaired) electrons. The van der Waals surface area contributed by atoms with Gasteiger partial charge in [-0.1, -0.05) is 18.2 Å². The number of aromatic nitrogens is 2. The van der Waals surface area contributed by atoms with Crippen LogP contribution in [-0.2, 0) is 25.9 Å². The second-order valence-corrected chi connectivity index (χ2v) is 8.01. The number of benzene rings is 2. The summed E-state index contributed by atoms with van der Waals surface area (Å²) in [5.41, 5.74) is 5.11. The molecule has 3 aromatic rings. The third kappa shape index (κ3) is 3.79. The van der Waals surface area contributed by atoms with Crippen molar-refractivity contribution in [1.82, 2.24) is 14.7 Å². The first-order valence-electron chi connectivity index (χ1n) is 10.5. The molecule has 1 aliphatic heterocycles. The predicted molar refractivity (Wildman–Crippen MR) is 116 cm³/mol. The molecule has 1 N–H and O–H groups in total. The average molecular weight is 416 g/mol. The standard InChI is InChI=1S/C24H24N4O3/c1-31-20-7-2-4-16(12-20)15-27-10-11-28-22(24(27)30)14-21(26-28)23(29)25-19-9-8-17-5-3-6-18(17)13-19/h2,4,7-9,12-14H,3,5-6,10-11,15H2,1H3,(H,25,29). The Balaban J connectivity index is 1.30. The Kier molecular flexibility index (Phi) is 4.94. The molecular formula is C24H24N4O3. The molecule has 0 saturated heterocycles. The number of amides is 2. The van der Waals surface area contributed by atoms with Crippen LogP contribution in [0.25, 0.3) is 0 Å². The highest BCUT2D eigenvalue weighted by atomic mass is 16.5. The smallest absolute Gasteiger partial charge is 0.276 e. The fraction of sp³-hybridized carbons (Fsp3) is 0.292. The van der Waals surface area contributed by atoms with Crippen LogP contribution in [0, 0.1) is 0 Å². The number of ether oxygens (including phenoxy) is 1. The van der Waals surface area contributed by atoms with E-state index in [2.05, 4.69) is 16.5 Å². The van der Waals surface area contributed by atoms with Gasteiger partial charge in [0.25, 0.3) is 11.8 Å². The van der Waals surface area contributed by atoms with Crippen molar-refractivity contribution in [1.29, 1.82) is 0 Å². The lowest BCUT2D eigenvalue weighted by atomic mass is 10.1. The molecule has 1 aliphatic carbocycles. The Labute approximate surface area is 180 Å². The van der Waals surface area contributed by atoms with Crippen LogP contribution in [0.2, 0.25) is 0 Å². The van der Waals surface area contributed by atoms with Crippen molar-refractivity contribution in [3.05, 3.63) is 76.6 Å². The van der Waals surface area contributed by atoms with E-state index in [0.29, 0.717) is 25.3 Å². The van der Waals surface area contributed by atoms with E-state index in [-0.39, 0.29) is 17.5 Å². The van der Waals surface area contributed by atoms with Gasteiger partial charge in [-0.3, -0.25) is 14.3 Å². The molecule has 2 aliphatic rings. The molecular weight excluding hydrogens is 392 g/mol. The van der Waals surface area contributed by atoms with Crippen LogP contribution in [0.1, 0.15) is 44.1 Å². The maximum Gasteiger partial charge on any atom is 0.276 e. The van der Waals surface area contributed by atoms with Crippen LogP contribution < -0.4 is 10.1 Å². The monoisotopic (exact) mass is 416 g/mol. The van der Waals surface area contributed by atoms with Gasteiger partial charge in [0.2, 0.25) is 0 Å². The highest BCUT2D eigenvalue weighted by Crippen LogP contribution is 2.25. The zero-order chi connectivity index (χ0) is 21.4. The Morgan fingerprint density at radius 2 is 1.97 bits per heavy atom. The molecule has 7 nitrogen and oxygen atoms in total. The highest BCUT2D eigenvalue weighted by molar-refractivity contribution is 6.04. The number of aryl methyl sites for hydroxylation is 2. The minimum atomic E-state index is -0.299. The molecule has 0 unspecified atom stereocenters. The van der Waals surface area contributed by atoms with E-state index in [4.69, 9.17) is 4.74 Å². The number of hydrogen-bond acceptors (Lipinski definition) is 4. The second kappa shape index (κ2) is 7.91. The largest absolute Gasteiger partial charge is 0.497 e. The van der Waals surface area contributed by atoms with Gasteiger partial charge in [-0.2, -0.15) is 5.10 Å². The molecule has 0 bridgehead atoms. The lowest BCUT2D eigenvalue weighted by Gasteiger charge is -2.27. The fourth-order valence-corrected chi connectivity index (χ4v) is 4.34. The average Bonchev–Trinajstić information content (AvgIpc) is 3.43. The van der Waals surface area contributed by atoms with E-state index < -0.39 is 0 Å². The zero-order valence-electron chi connectivity index (χ0n) is 17.4. The third-order valence-corrected chi connectivity index (χ3v) is 5.96. The summed E-state index contributed by atoms with van der Waals surface area (Å²) in [4.78, 5) is 27.5. The van der Waals surface area contributed by atoms with E-state index in [0.717, 1.165) is 36.3 Å². The quantitative estimate of drug-likeness (QED) is 0.693. The van der Waals surface area contributed by atoms with Crippen molar-refractivity contribution in [2.45, 2.75) is 32.4 Å². The highest BCUT2D eigenvalue weighted by Gasteiger charge is 2.28. The van der Waals surface area contributed by atoms with Gasteiger partial charge in [0.15, 0.2) is 5.69 Å². The summed E-state index contributed by atoms with van der Waals surface area (Å²) in [6.45, 7) is 1.58. The van der Waals surface area contributed by atoms with Gasteiger partial charge >= 0.3 is 0 Å². The number of anilines is 1. The number of hydrogen-bond donors (Lipinski definition) is 1. The Hall–Kier alpha value is -3.61. The summed E-state index contributed by atoms with van der Waals surface area (Å²) >= 11 is 0. The first kappa shape index (κ1) is 19.4. The van der Waals surface area contributed by atoms with Crippen LogP contribution >= 0.6 is 0 Å². The number of rotatable bonds is 5. The van der Waals surface area contributed by atoms with E-state index >= 15 is 0 Å². The molecule has 7 heteroatoms. The van der Waals surface area contributed by atoms with Gasteiger partial charge in [0.05, 0.1) is 13.7 Å². The molecule has 2 heterocycles. The van der Waals surface area contributed by atoms with Gasteiger partial charge in [0, 0.05) is 24.8 Å². The van der Waals surface area contributed by atoms with E-state index in [9.17, 15) is 9.59 Å². The van der Waals surface area contributed by atoms with Crippen LogP contribution in [0.5, 0.6) is 5.75 Å². The molecule has 0 spiro atoms. The molecule has 2 amide bonds. The maximum absolute atomic E-state index is 13.0. The SMILES string of the molecule is COc1cccc(CN2CCn3nc(C(=O)Nc4ccc5c(c4)CCC5)cc3C2=O)c1. The fourth-order valence-electron chi connectivity index (χ4n) is 4.34. The number of methoxy groups -OCH3 is 1. The zero-order valence-corrected chi connectivity index (χ0v) is 17.4. The molecule has 0 atom stereocenters. The van der Waals surface area contributed by atoms with Gasteiger partial charge in [-0.25, -0.2) is 0 Å². The normalized spacial score (nSPS) is 14.9. The number of carbonyl (C=O) groups is 2. The predicted octanol–water partition coefficient (Wildman–Crippen LogP) is 3.29. The van der Waals surface area contributed by atoms with E-state index in [1.807, 2.05) is 36.4 Å². The lowest BCUT2D eigenvalue weighted by Crippen LogP contribution is -2.39. The van der Waals surface area contributed by atoms with Crippen molar-refractivity contribution in [3.8, 4) is 5.75 Å². The number of fused-ring (bicyclic) bond motifs is 2. The molecule has 0 saturated carbocycles. The molecule has 0 fully saturated rings. The lowest BCUT2D eigenvalue weighted by molar-refractivity contribution is 0.0683. The minimum Gasteiger partial charge on any atom is -0.497 e. The summed E-state index contributed by atoms with van der Waals surface area (Å²) in [6, 6.07) is 15.3. The molecule has 158 valence electrons. The summed E-state index contributed by atoms with van der Waals surface area (Å²) in [7, 11) is 1.62. The second-order valence-electron chi connectivity index (χ2n) is 8.01. The summed E-state index contributed by atoms with van der Waals surface area (Å²) in [6.07, 6.45) is 3.32. The van der Waals surface area contributed by atoms with E-state index in [1.54, 1.807) is 22.8 Å². The Morgan fingerprint density at radius 3 is 2.84 bits per heavy atom. The minimum absolute atomic E-state index is 0.127. The van der Waals surface area contributed by atoms with Crippen molar-refractivity contribution in [2.75, 3.05) is 19.0 Å². The third-order valence-electron chi connectivity index (χ3n) is 5.96. The first-order valence-corrected chi connectivity index (χ1v) is 10.5. The molecule has 2 aromatic carbocycles. The van der Waals surface area contributed by atoms with Gasteiger partial charge < -0.3 is 15.0 Å². The van der Waals surface area contributed by atoms with Crippen molar-refractivity contribution >= 4 is 17.5 Å². The maximum atomic E-state index is 13.0. The first-order chi connectivity index (χ1) is 15.1. The number of nitrogens with one attached hydrogen (secondary N) is 1. The van der Waals surface area contributed by atoms with E-state index in [1.165, 1.54) is 11.1 Å². The molecule has 5 rings (SSSR count). The molecule has 1 aromatic heterocycles. The van der Waals surface area contributed by atoms with Crippen molar-refractivity contribution < 1.29 is 14.3 Å². The van der Waals surface area contributed by atoms with Crippen molar-refractivity contribution in [2.24, 2.45) is 0 Å². The Bertz CT molecular complexity index is 1170. The summed E-state index contributed by atoms with van der Waals surface area (Å²) in [5, 5.41) is 7.30. The van der Waals surface area contributed by atoms with Crippen LogP contribution in [0.15, 0.2) is 48.5 Å².